The van der Waals surface area contributed by atoms with Gasteiger partial charge in [-0.05, 0) is 18.2 Å². The molecule has 9 nitrogen and oxygen atoms in total. The minimum Gasteiger partial charge on any atom is -0.496 e. The van der Waals surface area contributed by atoms with Crippen molar-refractivity contribution in [2.24, 2.45) is 0 Å². The predicted molar refractivity (Wildman–Crippen MR) is 115 cm³/mol. The predicted octanol–water partition coefficient (Wildman–Crippen LogP) is 0.668. The van der Waals surface area contributed by atoms with Crippen LogP contribution < -0.4 is 15.4 Å². The molecule has 0 saturated carbocycles. The van der Waals surface area contributed by atoms with Gasteiger partial charge in [0.05, 0.1) is 30.8 Å². The summed E-state index contributed by atoms with van der Waals surface area (Å²) in [6.07, 6.45) is 3.00. The van der Waals surface area contributed by atoms with E-state index in [0.717, 1.165) is 43.2 Å². The average Bonchev–Trinajstić information content (AvgIpc) is 2.70. The molecule has 2 aliphatic rings. The zero-order valence-corrected chi connectivity index (χ0v) is 18.0. The van der Waals surface area contributed by atoms with E-state index in [-0.39, 0.29) is 23.9 Å². The molecular weight excluding hydrogens is 406 g/mol. The van der Waals surface area contributed by atoms with Crippen molar-refractivity contribution in [3.63, 3.8) is 0 Å². The van der Waals surface area contributed by atoms with Gasteiger partial charge in [0, 0.05) is 62.5 Å². The molecule has 1 aromatic carbocycles. The van der Waals surface area contributed by atoms with Gasteiger partial charge in [0.25, 0.3) is 0 Å². The van der Waals surface area contributed by atoms with E-state index in [0.29, 0.717) is 12.2 Å². The summed E-state index contributed by atoms with van der Waals surface area (Å²) in [5, 5.41) is 0. The van der Waals surface area contributed by atoms with Gasteiger partial charge < -0.3 is 20.1 Å². The van der Waals surface area contributed by atoms with E-state index < -0.39 is 9.84 Å². The third-order valence-corrected chi connectivity index (χ3v) is 6.36. The first-order chi connectivity index (χ1) is 14.3. The van der Waals surface area contributed by atoms with Gasteiger partial charge in [0.2, 0.25) is 5.95 Å². The van der Waals surface area contributed by atoms with Crippen LogP contribution in [0.5, 0.6) is 5.75 Å². The summed E-state index contributed by atoms with van der Waals surface area (Å²) in [7, 11) is -1.32. The Balaban J connectivity index is 1.48. The van der Waals surface area contributed by atoms with Crippen LogP contribution in [0.2, 0.25) is 0 Å². The van der Waals surface area contributed by atoms with Crippen LogP contribution in [-0.2, 0) is 14.6 Å². The smallest absolute Gasteiger partial charge is 0.220 e. The van der Waals surface area contributed by atoms with Gasteiger partial charge in [0.1, 0.15) is 15.6 Å². The fourth-order valence-corrected chi connectivity index (χ4v) is 4.67. The Labute approximate surface area is 176 Å². The van der Waals surface area contributed by atoms with Gasteiger partial charge in [-0.2, -0.15) is 0 Å². The van der Waals surface area contributed by atoms with Crippen LogP contribution in [-0.4, -0.2) is 87.3 Å². The van der Waals surface area contributed by atoms with Crippen molar-refractivity contribution in [1.82, 2.24) is 14.9 Å². The minimum absolute atomic E-state index is 0.0457. The number of benzene rings is 1. The molecule has 2 aromatic rings. The lowest BCUT2D eigenvalue weighted by molar-refractivity contribution is -0.0926. The van der Waals surface area contributed by atoms with E-state index in [1.54, 1.807) is 19.4 Å². The first-order valence-electron chi connectivity index (χ1n) is 9.88. The molecule has 2 bridgehead atoms. The van der Waals surface area contributed by atoms with E-state index in [4.69, 9.17) is 15.2 Å². The van der Waals surface area contributed by atoms with Gasteiger partial charge >= 0.3 is 0 Å². The van der Waals surface area contributed by atoms with E-state index >= 15 is 0 Å². The SMILES string of the molecule is COc1cc(N2CC3CN(CCS(C)(=O)=O)CC(C2)O3)ccc1-c1ccnc(N)n1. The van der Waals surface area contributed by atoms with E-state index in [2.05, 4.69) is 25.8 Å². The molecular formula is C20H27N5O4S. The Hall–Kier alpha value is -2.43. The first-order valence-corrected chi connectivity index (χ1v) is 11.9. The number of fused-ring (bicyclic) bond motifs is 2. The number of ether oxygens (including phenoxy) is 2. The summed E-state index contributed by atoms with van der Waals surface area (Å²) < 4.78 is 34.7. The van der Waals surface area contributed by atoms with Crippen LogP contribution in [0.4, 0.5) is 11.6 Å². The van der Waals surface area contributed by atoms with Crippen molar-refractivity contribution >= 4 is 21.5 Å². The standard InChI is InChI=1S/C20H27N5O4S/c1-28-19-9-14(3-4-17(19)18-5-6-22-20(21)23-18)25-12-15-10-24(7-8-30(2,26)27)11-16(13-25)29-15/h3-6,9,15-16H,7-8,10-13H2,1-2H3,(H2,21,22,23). The van der Waals surface area contributed by atoms with E-state index in [1.807, 2.05) is 12.1 Å². The summed E-state index contributed by atoms with van der Waals surface area (Å²) >= 11 is 0. The van der Waals surface area contributed by atoms with Crippen LogP contribution >= 0.6 is 0 Å². The van der Waals surface area contributed by atoms with Crippen molar-refractivity contribution < 1.29 is 17.9 Å². The van der Waals surface area contributed by atoms with Crippen molar-refractivity contribution in [1.29, 1.82) is 0 Å². The molecule has 2 atom stereocenters. The molecule has 162 valence electrons. The zero-order chi connectivity index (χ0) is 21.3. The summed E-state index contributed by atoms with van der Waals surface area (Å²) in [5.74, 6) is 1.12. The zero-order valence-electron chi connectivity index (χ0n) is 17.2. The molecule has 2 aliphatic heterocycles. The maximum Gasteiger partial charge on any atom is 0.220 e. The first kappa shape index (κ1) is 20.8. The highest BCUT2D eigenvalue weighted by Crippen LogP contribution is 2.34. The molecule has 3 heterocycles. The van der Waals surface area contributed by atoms with E-state index in [9.17, 15) is 8.42 Å². The third kappa shape index (κ3) is 4.82. The van der Waals surface area contributed by atoms with Crippen molar-refractivity contribution in [2.45, 2.75) is 12.2 Å². The van der Waals surface area contributed by atoms with Gasteiger partial charge in [-0.1, -0.05) is 0 Å². The lowest BCUT2D eigenvalue weighted by Crippen LogP contribution is -2.60. The number of nitrogens with zero attached hydrogens (tertiary/aromatic N) is 4. The number of hydrogen-bond donors (Lipinski definition) is 1. The molecule has 2 unspecified atom stereocenters. The average molecular weight is 434 g/mol. The largest absolute Gasteiger partial charge is 0.496 e. The quantitative estimate of drug-likeness (QED) is 0.702. The highest BCUT2D eigenvalue weighted by atomic mass is 32.2. The number of nitrogens with two attached hydrogens (primary N) is 1. The molecule has 4 rings (SSSR count). The monoisotopic (exact) mass is 433 g/mol. The molecule has 0 radical (unpaired) electrons. The molecule has 0 aliphatic carbocycles. The number of morpholine rings is 2. The number of aromatic nitrogens is 2. The molecule has 10 heteroatoms. The van der Waals surface area contributed by atoms with Crippen LogP contribution in [0.3, 0.4) is 0 Å². The molecule has 0 spiro atoms. The topological polar surface area (TPSA) is 111 Å². The number of rotatable bonds is 6. The second kappa shape index (κ2) is 8.37. The molecule has 2 saturated heterocycles. The Kier molecular flexibility index (Phi) is 5.81. The van der Waals surface area contributed by atoms with Crippen molar-refractivity contribution in [2.75, 3.05) is 62.5 Å². The second-order valence-corrected chi connectivity index (χ2v) is 10.1. The highest BCUT2D eigenvalue weighted by Gasteiger charge is 2.35. The minimum atomic E-state index is -2.96. The molecule has 0 amide bonds. The Morgan fingerprint density at radius 3 is 2.57 bits per heavy atom. The number of methoxy groups -OCH3 is 1. The maximum absolute atomic E-state index is 11.5. The number of hydrogen-bond acceptors (Lipinski definition) is 9. The molecule has 1 aromatic heterocycles. The van der Waals surface area contributed by atoms with Gasteiger partial charge in [-0.15, -0.1) is 0 Å². The number of anilines is 2. The third-order valence-electron chi connectivity index (χ3n) is 5.44. The lowest BCUT2D eigenvalue weighted by atomic mass is 10.1. The van der Waals surface area contributed by atoms with Crippen LogP contribution in [0.15, 0.2) is 30.5 Å². The van der Waals surface area contributed by atoms with Gasteiger partial charge in [-0.3, -0.25) is 4.90 Å². The summed E-state index contributed by atoms with van der Waals surface area (Å²) in [5.41, 5.74) is 8.35. The van der Waals surface area contributed by atoms with Crippen molar-refractivity contribution in [3.8, 4) is 17.0 Å². The summed E-state index contributed by atoms with van der Waals surface area (Å²) in [6, 6.07) is 7.85. The van der Waals surface area contributed by atoms with Gasteiger partial charge in [-0.25, -0.2) is 18.4 Å². The van der Waals surface area contributed by atoms with Crippen LogP contribution in [0, 0.1) is 0 Å². The van der Waals surface area contributed by atoms with Crippen LogP contribution in [0.1, 0.15) is 0 Å². The number of sulfone groups is 1. The Morgan fingerprint density at radius 2 is 1.93 bits per heavy atom. The van der Waals surface area contributed by atoms with Crippen molar-refractivity contribution in [3.05, 3.63) is 30.5 Å². The lowest BCUT2D eigenvalue weighted by Gasteiger charge is -2.46. The molecule has 2 N–H and O–H groups in total. The molecule has 2 fully saturated rings. The molecule has 30 heavy (non-hydrogen) atoms. The normalized spacial score (nSPS) is 22.1. The Bertz CT molecular complexity index is 1000. The summed E-state index contributed by atoms with van der Waals surface area (Å²) in [6.45, 7) is 3.51. The Morgan fingerprint density at radius 1 is 1.20 bits per heavy atom. The fourth-order valence-electron chi connectivity index (χ4n) is 4.08. The highest BCUT2D eigenvalue weighted by molar-refractivity contribution is 7.90. The number of nitrogen functional groups attached to an aromatic ring is 1. The van der Waals surface area contributed by atoms with Gasteiger partial charge in [0.15, 0.2) is 0 Å². The van der Waals surface area contributed by atoms with E-state index in [1.165, 1.54) is 6.26 Å². The fraction of sp³-hybridized carbons (Fsp3) is 0.500. The summed E-state index contributed by atoms with van der Waals surface area (Å²) in [4.78, 5) is 12.7. The second-order valence-electron chi connectivity index (χ2n) is 7.86. The van der Waals surface area contributed by atoms with Crippen LogP contribution in [0.25, 0.3) is 11.3 Å². The maximum atomic E-state index is 11.5.